The smallest absolute Gasteiger partial charge is 0.321 e. The number of fused-ring (bicyclic) bond motifs is 2. The first kappa shape index (κ1) is 49.1. The predicted molar refractivity (Wildman–Crippen MR) is 257 cm³/mol. The van der Waals surface area contributed by atoms with E-state index in [2.05, 4.69) is 25.7 Å². The number of methoxy groups -OCH3 is 1. The molecule has 20 heteroatoms. The first-order chi connectivity index (χ1) is 33.1. The highest BCUT2D eigenvalue weighted by Crippen LogP contribution is 2.51. The van der Waals surface area contributed by atoms with Crippen LogP contribution in [0.25, 0.3) is 16.9 Å². The molecule has 3 aromatic heterocycles. The molecule has 69 heavy (non-hydrogen) atoms. The maximum Gasteiger partial charge on any atom is 0.321 e. The number of carbonyl (C=O) groups is 4. The number of rotatable bonds is 12. The monoisotopic (exact) mass is 971 g/mol. The first-order valence-corrected chi connectivity index (χ1v) is 23.6. The molecule has 1 aliphatic carbocycles. The maximum absolute atomic E-state index is 16.2. The fraction of sp³-hybridized carbons (Fsp3) is 0.449. The Kier molecular flexibility index (Phi) is 14.5. The van der Waals surface area contributed by atoms with Crippen LogP contribution in [0.2, 0.25) is 5.02 Å². The topological polar surface area (TPSA) is 184 Å². The molecule has 16 nitrogen and oxygen atoms in total. The van der Waals surface area contributed by atoms with Gasteiger partial charge in [-0.05, 0) is 99.4 Å². The van der Waals surface area contributed by atoms with Gasteiger partial charge in [-0.3, -0.25) is 24.4 Å². The van der Waals surface area contributed by atoms with Crippen LogP contribution in [0.5, 0.6) is 0 Å². The molecular formula is C49H57ClF3N11O5. The number of pyridine rings is 1. The number of aryl methyl sites for hydroxylation is 1. The second-order valence-corrected chi connectivity index (χ2v) is 18.5. The van der Waals surface area contributed by atoms with Gasteiger partial charge in [0.2, 0.25) is 0 Å². The number of urea groups is 1. The molecule has 4 N–H and O–H groups in total. The Morgan fingerprint density at radius 1 is 1.03 bits per heavy atom. The van der Waals surface area contributed by atoms with E-state index in [1.54, 1.807) is 43.0 Å². The Morgan fingerprint density at radius 2 is 1.78 bits per heavy atom. The molecule has 3 fully saturated rings. The number of aldehydes is 1. The Balaban J connectivity index is 0.000000993. The summed E-state index contributed by atoms with van der Waals surface area (Å²) in [5.41, 5.74) is 9.49. The Labute approximate surface area is 403 Å². The fourth-order valence-electron chi connectivity index (χ4n) is 9.83. The third-order valence-corrected chi connectivity index (χ3v) is 14.5. The number of nitrogens with one attached hydrogen (secondary N) is 2. The average Bonchev–Trinajstić information content (AvgIpc) is 3.96. The fourth-order valence-corrected chi connectivity index (χ4v) is 10.0. The average molecular weight is 973 g/mol. The Morgan fingerprint density at radius 3 is 2.41 bits per heavy atom. The van der Waals surface area contributed by atoms with Crippen molar-refractivity contribution in [1.29, 1.82) is 0 Å². The summed E-state index contributed by atoms with van der Waals surface area (Å²) in [4.78, 5) is 64.9. The largest absolute Gasteiger partial charge is 0.385 e. The number of nitrogens with zero attached hydrogens (tertiary/aromatic N) is 8. The highest BCUT2D eigenvalue weighted by atomic mass is 35.5. The van der Waals surface area contributed by atoms with Crippen molar-refractivity contribution in [1.82, 2.24) is 34.7 Å². The summed E-state index contributed by atoms with van der Waals surface area (Å²) in [7, 11) is 4.97. The number of carbonyl (C=O) groups excluding carboxylic acids is 4. The number of hydrogen-bond acceptors (Lipinski definition) is 11. The highest BCUT2D eigenvalue weighted by Gasteiger charge is 2.57. The van der Waals surface area contributed by atoms with Gasteiger partial charge in [0.05, 0.1) is 35.2 Å². The lowest BCUT2D eigenvalue weighted by atomic mass is 9.68. The van der Waals surface area contributed by atoms with Crippen LogP contribution in [0, 0.1) is 18.2 Å². The zero-order chi connectivity index (χ0) is 49.2. The van der Waals surface area contributed by atoms with Crippen LogP contribution in [-0.4, -0.2) is 126 Å². The molecule has 0 bridgehead atoms. The quantitative estimate of drug-likeness (QED) is 0.106. The minimum absolute atomic E-state index is 0.0521. The lowest BCUT2D eigenvalue weighted by Gasteiger charge is -2.51. The van der Waals surface area contributed by atoms with Crippen LogP contribution in [0.1, 0.15) is 82.5 Å². The van der Waals surface area contributed by atoms with Gasteiger partial charge in [0.25, 0.3) is 17.7 Å². The molecule has 2 aromatic carbocycles. The van der Waals surface area contributed by atoms with Crippen LogP contribution in [0.3, 0.4) is 0 Å². The molecule has 4 aliphatic rings. The summed E-state index contributed by atoms with van der Waals surface area (Å²) in [5.74, 6) is -4.14. The summed E-state index contributed by atoms with van der Waals surface area (Å²) in [6.07, 6.45) is 9.19. The van der Waals surface area contributed by atoms with Gasteiger partial charge in [-0.2, -0.15) is 0 Å². The van der Waals surface area contributed by atoms with Gasteiger partial charge in [-0.15, -0.1) is 5.10 Å². The Bertz CT molecular complexity index is 2760. The van der Waals surface area contributed by atoms with Crippen LogP contribution >= 0.6 is 11.6 Å². The van der Waals surface area contributed by atoms with E-state index in [4.69, 9.17) is 22.1 Å². The van der Waals surface area contributed by atoms with E-state index in [0.717, 1.165) is 11.3 Å². The van der Waals surface area contributed by atoms with Crippen molar-refractivity contribution in [2.75, 3.05) is 75.6 Å². The second-order valence-electron chi connectivity index (χ2n) is 18.1. The number of likely N-dealkylation sites (tertiary alicyclic amines) is 2. The van der Waals surface area contributed by atoms with Crippen molar-refractivity contribution in [3.63, 3.8) is 0 Å². The van der Waals surface area contributed by atoms with Gasteiger partial charge in [-0.25, -0.2) is 27.5 Å². The third kappa shape index (κ3) is 9.68. The van der Waals surface area contributed by atoms with E-state index in [0.29, 0.717) is 65.7 Å². The number of anilines is 4. The third-order valence-electron chi connectivity index (χ3n) is 14.0. The minimum atomic E-state index is -3.08. The van der Waals surface area contributed by atoms with Crippen LogP contribution < -0.4 is 26.2 Å². The molecule has 6 heterocycles. The van der Waals surface area contributed by atoms with Crippen LogP contribution in [0.15, 0.2) is 54.9 Å². The Hall–Kier alpha value is -6.31. The zero-order valence-electron chi connectivity index (χ0n) is 39.2. The van der Waals surface area contributed by atoms with Crippen molar-refractivity contribution < 1.29 is 37.1 Å². The molecule has 366 valence electrons. The van der Waals surface area contributed by atoms with E-state index in [1.165, 1.54) is 60.3 Å². The normalized spacial score (nSPS) is 17.4. The summed E-state index contributed by atoms with van der Waals surface area (Å²) < 4.78 is 54.9. The molecule has 3 aliphatic heterocycles. The van der Waals surface area contributed by atoms with E-state index in [1.807, 2.05) is 23.1 Å². The molecule has 0 radical (unpaired) electrons. The van der Waals surface area contributed by atoms with Crippen molar-refractivity contribution in [3.05, 3.63) is 93.6 Å². The van der Waals surface area contributed by atoms with Crippen molar-refractivity contribution in [2.45, 2.75) is 76.9 Å². The van der Waals surface area contributed by atoms with Gasteiger partial charge in [0.15, 0.2) is 11.5 Å². The number of imidazole rings is 1. The van der Waals surface area contributed by atoms with Gasteiger partial charge in [0.1, 0.15) is 23.5 Å². The minimum Gasteiger partial charge on any atom is -0.385 e. The van der Waals surface area contributed by atoms with E-state index < -0.39 is 35.6 Å². The molecule has 0 atom stereocenters. The number of ether oxygens (including phenoxy) is 1. The van der Waals surface area contributed by atoms with E-state index in [-0.39, 0.29) is 85.4 Å². The molecule has 1 saturated carbocycles. The van der Waals surface area contributed by atoms with Gasteiger partial charge in [-0.1, -0.05) is 23.7 Å². The second kappa shape index (κ2) is 20.3. The summed E-state index contributed by atoms with van der Waals surface area (Å²) >= 11 is 6.57. The number of piperidine rings is 2. The number of halogens is 4. The zero-order valence-corrected chi connectivity index (χ0v) is 39.9. The SMILES string of the molecule is CNC(=O)N(CCC=O)c1cc(C(=O)N2CCC3(CCN(Cc4cnc(-c5cccc6c5CCN6c5cc(NC)c6ncc(C(N)=O)n6n5)c(F)c4)CC3(F)F)CC2)cc(C)c1Cl.COC1CCC1. The first-order valence-electron chi connectivity index (χ1n) is 23.2. The molecule has 5 aromatic rings. The molecule has 2 saturated heterocycles. The lowest BCUT2D eigenvalue weighted by molar-refractivity contribution is -0.186. The molecule has 0 unspecified atom stereocenters. The van der Waals surface area contributed by atoms with Gasteiger partial charge in [0, 0.05) is 94.8 Å². The summed E-state index contributed by atoms with van der Waals surface area (Å²) in [6.45, 7) is 2.46. The molecular weight excluding hydrogens is 915 g/mol. The number of primary amides is 1. The van der Waals surface area contributed by atoms with E-state index >= 15 is 13.2 Å². The molecule has 9 rings (SSSR count). The number of nitrogens with two attached hydrogens (primary N) is 1. The van der Waals surface area contributed by atoms with E-state index in [9.17, 15) is 19.2 Å². The van der Waals surface area contributed by atoms with Crippen molar-refractivity contribution >= 4 is 64.3 Å². The number of amides is 4. The summed E-state index contributed by atoms with van der Waals surface area (Å²) in [6, 6.07) is 11.3. The van der Waals surface area contributed by atoms with Crippen LogP contribution in [0.4, 0.5) is 40.8 Å². The molecule has 1 spiro atoms. The maximum atomic E-state index is 16.2. The van der Waals surface area contributed by atoms with Crippen LogP contribution in [-0.2, 0) is 22.5 Å². The number of hydrogen-bond donors (Lipinski definition) is 3. The number of alkyl halides is 2. The van der Waals surface area contributed by atoms with Gasteiger partial charge < -0.3 is 35.7 Å². The highest BCUT2D eigenvalue weighted by molar-refractivity contribution is 6.34. The van der Waals surface area contributed by atoms with Crippen molar-refractivity contribution in [2.24, 2.45) is 11.1 Å². The van der Waals surface area contributed by atoms with Crippen molar-refractivity contribution in [3.8, 4) is 11.3 Å². The summed E-state index contributed by atoms with van der Waals surface area (Å²) in [5, 5.41) is 10.6. The van der Waals surface area contributed by atoms with Gasteiger partial charge >= 0.3 is 6.03 Å². The standard InChI is InChI=1S/C44H47ClF3N11O4.C5H10O/c1-26-18-28(20-34(37(26)45)58(12-5-17-60)42(63)51-3)41(62)56-15-10-43(11-16-56)9-14-55(25-44(43,47)48)24-27-19-31(46)38(52-22-27)30-6-4-7-33-29(30)8-13-57(33)36-21-32(50-2)40-53-23-35(39(49)61)59(40)54-36;1-6-5-3-2-4-5/h4,6-7,17-23,50H,5,8-16,24-25H2,1-3H3,(H2,49,61)(H,51,63);5H,2-4H2,1H3. The lowest BCUT2D eigenvalue weighted by Crippen LogP contribution is -2.59. The molecule has 4 amide bonds. The number of aromatic nitrogens is 4. The predicted octanol–water partition coefficient (Wildman–Crippen LogP) is 7.41. The number of benzene rings is 2.